The third kappa shape index (κ3) is 5.68. The van der Waals surface area contributed by atoms with Crippen LogP contribution in [0.25, 0.3) is 0 Å². The van der Waals surface area contributed by atoms with Gasteiger partial charge < -0.3 is 10.2 Å². The summed E-state index contributed by atoms with van der Waals surface area (Å²) in [6.45, 7) is 9.94. The van der Waals surface area contributed by atoms with Crippen LogP contribution in [0.2, 0.25) is 0 Å². The van der Waals surface area contributed by atoms with Gasteiger partial charge in [0.2, 0.25) is 0 Å². The lowest BCUT2D eigenvalue weighted by Crippen LogP contribution is -2.48. The summed E-state index contributed by atoms with van der Waals surface area (Å²) in [6, 6.07) is 0. The number of nitrogens with zero attached hydrogens (tertiary/aromatic N) is 3. The smallest absolute Gasteiger partial charge is 0.193 e. The van der Waals surface area contributed by atoms with Crippen molar-refractivity contribution in [1.82, 2.24) is 15.2 Å². The van der Waals surface area contributed by atoms with E-state index < -0.39 is 0 Å². The van der Waals surface area contributed by atoms with Crippen molar-refractivity contribution in [3.8, 4) is 0 Å². The Bertz CT molecular complexity index is 464. The van der Waals surface area contributed by atoms with Gasteiger partial charge in [-0.2, -0.15) is 0 Å². The quantitative estimate of drug-likeness (QED) is 0.447. The molecule has 0 aromatic carbocycles. The molecule has 1 aliphatic rings. The van der Waals surface area contributed by atoms with Crippen LogP contribution in [-0.4, -0.2) is 42.5 Å². The Morgan fingerprint density at radius 1 is 1.41 bits per heavy atom. The number of hydrogen-bond donors (Lipinski definition) is 1. The Hall–Kier alpha value is -0.370. The Balaban J connectivity index is 0.00000242. The second kappa shape index (κ2) is 9.70. The summed E-state index contributed by atoms with van der Waals surface area (Å²) in [7, 11) is 1.88. The first-order chi connectivity index (χ1) is 10.1. The SMILES string of the molecule is CCc1nc(CCNC(=NC)N2CC(C)CC(C)C2)cs1.I. The van der Waals surface area contributed by atoms with Gasteiger partial charge in [0.1, 0.15) is 0 Å². The van der Waals surface area contributed by atoms with Gasteiger partial charge in [-0.3, -0.25) is 4.99 Å². The van der Waals surface area contributed by atoms with Crippen molar-refractivity contribution in [1.29, 1.82) is 0 Å². The van der Waals surface area contributed by atoms with E-state index in [0.717, 1.165) is 50.3 Å². The van der Waals surface area contributed by atoms with Gasteiger partial charge in [-0.15, -0.1) is 35.3 Å². The molecule has 2 heterocycles. The van der Waals surface area contributed by atoms with Crippen molar-refractivity contribution >= 4 is 41.3 Å². The van der Waals surface area contributed by atoms with E-state index in [-0.39, 0.29) is 24.0 Å². The third-order valence-corrected chi connectivity index (χ3v) is 4.99. The van der Waals surface area contributed by atoms with E-state index in [1.807, 2.05) is 7.05 Å². The molecule has 126 valence electrons. The summed E-state index contributed by atoms with van der Waals surface area (Å²) in [5.74, 6) is 2.54. The minimum absolute atomic E-state index is 0. The minimum Gasteiger partial charge on any atom is -0.356 e. The van der Waals surface area contributed by atoms with Crippen LogP contribution >= 0.6 is 35.3 Å². The standard InChI is InChI=1S/C16H28N4S.HI/c1-5-15-19-14(11-21-15)6-7-18-16(17-4)20-9-12(2)8-13(3)10-20;/h11-13H,5-10H2,1-4H3,(H,17,18);1H. The molecule has 0 spiro atoms. The molecular formula is C16H29IN4S. The molecule has 22 heavy (non-hydrogen) atoms. The zero-order chi connectivity index (χ0) is 15.2. The lowest BCUT2D eigenvalue weighted by molar-refractivity contribution is 0.208. The maximum Gasteiger partial charge on any atom is 0.193 e. The Kier molecular flexibility index (Phi) is 8.67. The van der Waals surface area contributed by atoms with Crippen molar-refractivity contribution in [3.63, 3.8) is 0 Å². The number of guanidine groups is 1. The Labute approximate surface area is 155 Å². The highest BCUT2D eigenvalue weighted by atomic mass is 127. The highest BCUT2D eigenvalue weighted by Crippen LogP contribution is 2.20. The van der Waals surface area contributed by atoms with Crippen LogP contribution in [0.15, 0.2) is 10.4 Å². The topological polar surface area (TPSA) is 40.5 Å². The average Bonchev–Trinajstić information content (AvgIpc) is 2.90. The molecule has 2 atom stereocenters. The highest BCUT2D eigenvalue weighted by molar-refractivity contribution is 14.0. The maximum absolute atomic E-state index is 4.61. The number of halogens is 1. The first-order valence-electron chi connectivity index (χ1n) is 8.01. The molecule has 1 fully saturated rings. The molecule has 1 aromatic heterocycles. The largest absolute Gasteiger partial charge is 0.356 e. The summed E-state index contributed by atoms with van der Waals surface area (Å²) in [6.07, 6.45) is 3.32. The van der Waals surface area contributed by atoms with Crippen LogP contribution < -0.4 is 5.32 Å². The molecule has 0 amide bonds. The number of hydrogen-bond acceptors (Lipinski definition) is 3. The van der Waals surface area contributed by atoms with E-state index >= 15 is 0 Å². The number of rotatable bonds is 4. The van der Waals surface area contributed by atoms with Crippen molar-refractivity contribution in [2.24, 2.45) is 16.8 Å². The number of aryl methyl sites for hydroxylation is 1. The van der Waals surface area contributed by atoms with Gasteiger partial charge in [0.25, 0.3) is 0 Å². The normalized spacial score (nSPS) is 22.4. The third-order valence-electron chi connectivity index (χ3n) is 3.95. The second-order valence-electron chi connectivity index (χ2n) is 6.16. The molecule has 1 aromatic rings. The van der Waals surface area contributed by atoms with E-state index in [2.05, 4.69) is 46.3 Å². The lowest BCUT2D eigenvalue weighted by Gasteiger charge is -2.37. The molecule has 0 bridgehead atoms. The summed E-state index contributed by atoms with van der Waals surface area (Å²) in [4.78, 5) is 11.5. The first kappa shape index (κ1) is 19.7. The van der Waals surface area contributed by atoms with Gasteiger partial charge in [-0.25, -0.2) is 4.98 Å². The van der Waals surface area contributed by atoms with E-state index in [4.69, 9.17) is 0 Å². The summed E-state index contributed by atoms with van der Waals surface area (Å²) in [5, 5.41) is 6.90. The summed E-state index contributed by atoms with van der Waals surface area (Å²) >= 11 is 1.76. The zero-order valence-corrected chi connectivity index (χ0v) is 17.3. The van der Waals surface area contributed by atoms with Crippen LogP contribution in [0, 0.1) is 11.8 Å². The van der Waals surface area contributed by atoms with Gasteiger partial charge >= 0.3 is 0 Å². The average molecular weight is 436 g/mol. The molecule has 6 heteroatoms. The molecule has 1 N–H and O–H groups in total. The molecule has 1 saturated heterocycles. The fourth-order valence-corrected chi connectivity index (χ4v) is 3.88. The molecule has 0 radical (unpaired) electrons. The fourth-order valence-electron chi connectivity index (χ4n) is 3.10. The minimum atomic E-state index is 0. The highest BCUT2D eigenvalue weighted by Gasteiger charge is 2.23. The molecular weight excluding hydrogens is 407 g/mol. The van der Waals surface area contributed by atoms with Crippen LogP contribution in [0.4, 0.5) is 0 Å². The summed E-state index contributed by atoms with van der Waals surface area (Å²) in [5.41, 5.74) is 1.19. The molecule has 4 nitrogen and oxygen atoms in total. The van der Waals surface area contributed by atoms with Crippen LogP contribution in [0.3, 0.4) is 0 Å². The predicted octanol–water partition coefficient (Wildman–Crippen LogP) is 3.42. The molecule has 2 rings (SSSR count). The number of piperidine rings is 1. The first-order valence-corrected chi connectivity index (χ1v) is 8.89. The van der Waals surface area contributed by atoms with E-state index in [1.54, 1.807) is 11.3 Å². The van der Waals surface area contributed by atoms with E-state index in [9.17, 15) is 0 Å². The zero-order valence-electron chi connectivity index (χ0n) is 14.1. The van der Waals surface area contributed by atoms with Gasteiger partial charge in [0.15, 0.2) is 5.96 Å². The van der Waals surface area contributed by atoms with Gasteiger partial charge in [-0.1, -0.05) is 20.8 Å². The van der Waals surface area contributed by atoms with Crippen LogP contribution in [0.1, 0.15) is 37.9 Å². The van der Waals surface area contributed by atoms with Crippen molar-refractivity contribution in [2.75, 3.05) is 26.7 Å². The van der Waals surface area contributed by atoms with Crippen molar-refractivity contribution in [2.45, 2.75) is 40.0 Å². The Morgan fingerprint density at radius 3 is 2.64 bits per heavy atom. The monoisotopic (exact) mass is 436 g/mol. The van der Waals surface area contributed by atoms with Crippen LogP contribution in [-0.2, 0) is 12.8 Å². The Morgan fingerprint density at radius 2 is 2.09 bits per heavy atom. The second-order valence-corrected chi connectivity index (χ2v) is 7.10. The molecule has 0 saturated carbocycles. The molecule has 2 unspecified atom stereocenters. The maximum atomic E-state index is 4.61. The van der Waals surface area contributed by atoms with Crippen molar-refractivity contribution < 1.29 is 0 Å². The summed E-state index contributed by atoms with van der Waals surface area (Å²) < 4.78 is 0. The predicted molar refractivity (Wildman–Crippen MR) is 106 cm³/mol. The molecule has 1 aliphatic heterocycles. The number of thiazole rings is 1. The van der Waals surface area contributed by atoms with Crippen molar-refractivity contribution in [3.05, 3.63) is 16.1 Å². The van der Waals surface area contributed by atoms with Gasteiger partial charge in [-0.05, 0) is 24.7 Å². The number of nitrogens with one attached hydrogen (secondary N) is 1. The number of likely N-dealkylation sites (tertiary alicyclic amines) is 1. The number of aliphatic imine (C=N–C) groups is 1. The lowest BCUT2D eigenvalue weighted by atomic mass is 9.92. The van der Waals surface area contributed by atoms with Gasteiger partial charge in [0, 0.05) is 38.5 Å². The van der Waals surface area contributed by atoms with Gasteiger partial charge in [0.05, 0.1) is 10.7 Å². The van der Waals surface area contributed by atoms with Crippen LogP contribution in [0.5, 0.6) is 0 Å². The van der Waals surface area contributed by atoms with E-state index in [0.29, 0.717) is 0 Å². The molecule has 0 aliphatic carbocycles. The fraction of sp³-hybridized carbons (Fsp3) is 0.750. The van der Waals surface area contributed by atoms with E-state index in [1.165, 1.54) is 17.1 Å². The number of aromatic nitrogens is 1.